The molecular formula is C25H22N2O. The molecule has 1 N–H and O–H groups in total. The third kappa shape index (κ3) is 3.27. The minimum absolute atomic E-state index is 0.0747. The van der Waals surface area contributed by atoms with E-state index in [1.807, 2.05) is 93.6 Å². The molecule has 1 aromatic heterocycles. The minimum atomic E-state index is -0.0747. The van der Waals surface area contributed by atoms with Gasteiger partial charge < -0.3 is 4.98 Å². The van der Waals surface area contributed by atoms with Gasteiger partial charge in [-0.25, -0.2) is 4.98 Å². The molecular weight excluding hydrogens is 344 g/mol. The van der Waals surface area contributed by atoms with Crippen LogP contribution in [0.4, 0.5) is 0 Å². The Hall–Kier alpha value is -3.46. The lowest BCUT2D eigenvalue weighted by atomic mass is 9.96. The third-order valence-corrected chi connectivity index (χ3v) is 4.93. The van der Waals surface area contributed by atoms with Gasteiger partial charge in [0.1, 0.15) is 0 Å². The van der Waals surface area contributed by atoms with Crippen molar-refractivity contribution < 1.29 is 4.79 Å². The van der Waals surface area contributed by atoms with Crippen LogP contribution in [0.5, 0.6) is 0 Å². The highest BCUT2D eigenvalue weighted by molar-refractivity contribution is 6.09. The Morgan fingerprint density at radius 2 is 1.32 bits per heavy atom. The fraction of sp³-hybridized carbons (Fsp3) is 0.120. The average molecular weight is 366 g/mol. The van der Waals surface area contributed by atoms with E-state index in [4.69, 9.17) is 4.98 Å². The molecule has 0 aliphatic heterocycles. The number of benzene rings is 3. The van der Waals surface area contributed by atoms with Crippen LogP contribution in [0.3, 0.4) is 0 Å². The van der Waals surface area contributed by atoms with Gasteiger partial charge in [0.25, 0.3) is 0 Å². The van der Waals surface area contributed by atoms with E-state index in [1.54, 1.807) is 0 Å². The summed E-state index contributed by atoms with van der Waals surface area (Å²) in [5.74, 6) is 0.294. The van der Waals surface area contributed by atoms with Crippen molar-refractivity contribution in [3.63, 3.8) is 0 Å². The van der Waals surface area contributed by atoms with E-state index in [9.17, 15) is 4.79 Å². The molecule has 0 radical (unpaired) electrons. The average Bonchev–Trinajstić information content (AvgIpc) is 3.14. The lowest BCUT2D eigenvalue weighted by molar-refractivity contribution is 0.102. The fourth-order valence-corrected chi connectivity index (χ4v) is 3.76. The monoisotopic (exact) mass is 366 g/mol. The molecule has 0 unspecified atom stereocenters. The largest absolute Gasteiger partial charge is 0.335 e. The molecule has 0 fully saturated rings. The number of carbonyl (C=O) groups is 1. The number of nitrogens with one attached hydrogen (secondary N) is 1. The second-order valence-electron chi connectivity index (χ2n) is 7.14. The number of imidazole rings is 1. The third-order valence-electron chi connectivity index (χ3n) is 4.93. The van der Waals surface area contributed by atoms with Gasteiger partial charge in [-0.1, -0.05) is 78.4 Å². The lowest BCUT2D eigenvalue weighted by Gasteiger charge is -2.08. The number of aromatic amines is 1. The first-order valence-corrected chi connectivity index (χ1v) is 9.38. The van der Waals surface area contributed by atoms with E-state index in [0.29, 0.717) is 5.82 Å². The smallest absolute Gasteiger partial charge is 0.228 e. The normalized spacial score (nSPS) is 10.8. The number of hydrogen-bond donors (Lipinski definition) is 1. The molecule has 0 bridgehead atoms. The predicted octanol–water partition coefficient (Wildman–Crippen LogP) is 5.90. The van der Waals surface area contributed by atoms with Crippen molar-refractivity contribution in [1.82, 2.24) is 9.97 Å². The van der Waals surface area contributed by atoms with Crippen molar-refractivity contribution in [2.45, 2.75) is 20.8 Å². The zero-order valence-corrected chi connectivity index (χ0v) is 16.3. The van der Waals surface area contributed by atoms with Gasteiger partial charge in [-0.05, 0) is 31.9 Å². The summed E-state index contributed by atoms with van der Waals surface area (Å²) >= 11 is 0. The fourth-order valence-electron chi connectivity index (χ4n) is 3.76. The Morgan fingerprint density at radius 3 is 1.89 bits per heavy atom. The van der Waals surface area contributed by atoms with E-state index in [1.165, 1.54) is 0 Å². The topological polar surface area (TPSA) is 45.8 Å². The standard InChI is InChI=1S/C25H22N2O/c1-16-14-17(2)21(18(3)15-16)24(28)25-26-22(19-10-6-4-7-11-19)23(27-25)20-12-8-5-9-13-20/h4-15H,1-3H3,(H,26,27). The number of aromatic nitrogens is 2. The number of nitrogens with zero attached hydrogens (tertiary/aromatic N) is 1. The van der Waals surface area contributed by atoms with Crippen molar-refractivity contribution in [1.29, 1.82) is 0 Å². The van der Waals surface area contributed by atoms with Crippen LogP contribution in [-0.4, -0.2) is 15.8 Å². The van der Waals surface area contributed by atoms with Crippen molar-refractivity contribution >= 4 is 5.78 Å². The van der Waals surface area contributed by atoms with E-state index in [2.05, 4.69) is 4.98 Å². The Kier molecular flexibility index (Phi) is 4.66. The molecule has 0 spiro atoms. The predicted molar refractivity (Wildman–Crippen MR) is 114 cm³/mol. The lowest BCUT2D eigenvalue weighted by Crippen LogP contribution is -2.08. The van der Waals surface area contributed by atoms with Gasteiger partial charge in [0.15, 0.2) is 5.82 Å². The Morgan fingerprint density at radius 1 is 0.786 bits per heavy atom. The molecule has 3 nitrogen and oxygen atoms in total. The maximum absolute atomic E-state index is 13.3. The van der Waals surface area contributed by atoms with Crippen LogP contribution in [0, 0.1) is 20.8 Å². The molecule has 0 aliphatic rings. The highest BCUT2D eigenvalue weighted by atomic mass is 16.1. The molecule has 3 heteroatoms. The van der Waals surface area contributed by atoms with Crippen LogP contribution in [0.1, 0.15) is 32.9 Å². The summed E-state index contributed by atoms with van der Waals surface area (Å²) < 4.78 is 0. The van der Waals surface area contributed by atoms with Crippen molar-refractivity contribution in [3.8, 4) is 22.5 Å². The number of aryl methyl sites for hydroxylation is 3. The first-order valence-electron chi connectivity index (χ1n) is 9.38. The Bertz CT molecular complexity index is 1060. The van der Waals surface area contributed by atoms with Gasteiger partial charge >= 0.3 is 0 Å². The molecule has 3 aromatic carbocycles. The molecule has 4 aromatic rings. The van der Waals surface area contributed by atoms with E-state index in [0.717, 1.165) is 44.8 Å². The number of H-pyrrole nitrogens is 1. The summed E-state index contributed by atoms with van der Waals surface area (Å²) in [6.45, 7) is 6.00. The van der Waals surface area contributed by atoms with Crippen LogP contribution in [0.15, 0.2) is 72.8 Å². The molecule has 0 atom stereocenters. The summed E-state index contributed by atoms with van der Waals surface area (Å²) in [4.78, 5) is 21.4. The molecule has 1 heterocycles. The number of ketones is 1. The molecule has 0 amide bonds. The van der Waals surface area contributed by atoms with E-state index < -0.39 is 0 Å². The van der Waals surface area contributed by atoms with Crippen LogP contribution < -0.4 is 0 Å². The molecule has 138 valence electrons. The Labute approximate surface area is 165 Å². The number of rotatable bonds is 4. The Balaban J connectivity index is 1.88. The maximum atomic E-state index is 13.3. The van der Waals surface area contributed by atoms with Crippen LogP contribution in [-0.2, 0) is 0 Å². The number of hydrogen-bond acceptors (Lipinski definition) is 2. The van der Waals surface area contributed by atoms with E-state index >= 15 is 0 Å². The van der Waals surface area contributed by atoms with Gasteiger partial charge in [-0.3, -0.25) is 4.79 Å². The number of carbonyl (C=O) groups excluding carboxylic acids is 1. The van der Waals surface area contributed by atoms with Gasteiger partial charge in [0.05, 0.1) is 11.4 Å². The van der Waals surface area contributed by atoms with Crippen molar-refractivity contribution in [2.24, 2.45) is 0 Å². The molecule has 28 heavy (non-hydrogen) atoms. The van der Waals surface area contributed by atoms with Gasteiger partial charge in [0, 0.05) is 16.7 Å². The highest BCUT2D eigenvalue weighted by Crippen LogP contribution is 2.31. The minimum Gasteiger partial charge on any atom is -0.335 e. The van der Waals surface area contributed by atoms with Crippen LogP contribution >= 0.6 is 0 Å². The van der Waals surface area contributed by atoms with Crippen LogP contribution in [0.25, 0.3) is 22.5 Å². The van der Waals surface area contributed by atoms with Crippen molar-refractivity contribution in [3.05, 3.63) is 101 Å². The molecule has 4 rings (SSSR count). The molecule has 0 saturated carbocycles. The summed E-state index contributed by atoms with van der Waals surface area (Å²) in [5.41, 5.74) is 7.46. The van der Waals surface area contributed by atoms with Crippen LogP contribution in [0.2, 0.25) is 0 Å². The second-order valence-corrected chi connectivity index (χ2v) is 7.14. The van der Waals surface area contributed by atoms with Gasteiger partial charge in [-0.2, -0.15) is 0 Å². The van der Waals surface area contributed by atoms with Gasteiger partial charge in [0.2, 0.25) is 5.78 Å². The second kappa shape index (κ2) is 7.28. The first-order chi connectivity index (χ1) is 13.5. The first kappa shape index (κ1) is 17.9. The zero-order chi connectivity index (χ0) is 19.7. The van der Waals surface area contributed by atoms with E-state index in [-0.39, 0.29) is 5.78 Å². The van der Waals surface area contributed by atoms with Gasteiger partial charge in [-0.15, -0.1) is 0 Å². The highest BCUT2D eigenvalue weighted by Gasteiger charge is 2.22. The summed E-state index contributed by atoms with van der Waals surface area (Å²) in [6, 6.07) is 24.0. The zero-order valence-electron chi connectivity index (χ0n) is 16.3. The summed E-state index contributed by atoms with van der Waals surface area (Å²) in [6.07, 6.45) is 0. The SMILES string of the molecule is Cc1cc(C)c(C(=O)c2nc(-c3ccccc3)c(-c3ccccc3)[nH]2)c(C)c1. The summed E-state index contributed by atoms with van der Waals surface area (Å²) in [5, 5.41) is 0. The van der Waals surface area contributed by atoms with Crippen molar-refractivity contribution in [2.75, 3.05) is 0 Å². The quantitative estimate of drug-likeness (QED) is 0.457. The maximum Gasteiger partial charge on any atom is 0.228 e. The molecule has 0 saturated heterocycles. The molecule has 0 aliphatic carbocycles. The summed E-state index contributed by atoms with van der Waals surface area (Å²) in [7, 11) is 0.